The number of likely N-dealkylation sites (N-methyl/N-ethyl adjacent to an activating group) is 1. The number of carbonyl (C=O) groups excluding carboxylic acids is 1. The first-order valence-electron chi connectivity index (χ1n) is 10.6. The number of carbonyl (C=O) groups is 1. The van der Waals surface area contributed by atoms with Crippen LogP contribution in [0.1, 0.15) is 0 Å². The van der Waals surface area contributed by atoms with Crippen LogP contribution in [0.4, 0.5) is 10.3 Å². The molecule has 2 aliphatic rings. The van der Waals surface area contributed by atoms with Crippen LogP contribution >= 0.6 is 0 Å². The summed E-state index contributed by atoms with van der Waals surface area (Å²) < 4.78 is 18.8. The number of ether oxygens (including phenoxy) is 1. The van der Waals surface area contributed by atoms with Crippen molar-refractivity contribution in [2.75, 3.05) is 70.9 Å². The summed E-state index contributed by atoms with van der Waals surface area (Å²) in [7, 11) is 2.06. The lowest BCUT2D eigenvalue weighted by atomic mass is 10.2. The standard InChI is InChI=1S/C21H28FN7O2/c1-27-10-11-31-18(14-27)12-23-20(30)15-28-6-8-29(9-7-28)21-25-19(13-24-26-21)16-2-4-17(22)5-3-16/h2-5,13,18H,6-12,14-15H2,1H3,(H,23,30). The number of hydrogen-bond acceptors (Lipinski definition) is 8. The minimum absolute atomic E-state index is 0.0153. The maximum absolute atomic E-state index is 13.2. The molecule has 31 heavy (non-hydrogen) atoms. The van der Waals surface area contributed by atoms with Gasteiger partial charge < -0.3 is 19.9 Å². The molecule has 0 spiro atoms. The maximum Gasteiger partial charge on any atom is 0.245 e. The third kappa shape index (κ3) is 5.93. The van der Waals surface area contributed by atoms with Gasteiger partial charge in [-0.2, -0.15) is 5.10 Å². The maximum atomic E-state index is 13.2. The third-order valence-corrected chi connectivity index (χ3v) is 5.58. The fourth-order valence-corrected chi connectivity index (χ4v) is 3.77. The molecule has 1 aromatic carbocycles. The van der Waals surface area contributed by atoms with Crippen molar-refractivity contribution >= 4 is 11.9 Å². The van der Waals surface area contributed by atoms with Gasteiger partial charge in [-0.15, -0.1) is 5.10 Å². The first-order chi connectivity index (χ1) is 15.1. The molecule has 0 aliphatic carbocycles. The number of piperazine rings is 1. The van der Waals surface area contributed by atoms with Crippen molar-refractivity contribution in [3.63, 3.8) is 0 Å². The van der Waals surface area contributed by atoms with Crippen LogP contribution in [0.3, 0.4) is 0 Å². The predicted octanol–water partition coefficient (Wildman–Crippen LogP) is 0.247. The molecule has 2 saturated heterocycles. The Morgan fingerprint density at radius 2 is 1.97 bits per heavy atom. The van der Waals surface area contributed by atoms with Crippen molar-refractivity contribution < 1.29 is 13.9 Å². The molecule has 1 atom stereocenters. The number of aromatic nitrogens is 3. The molecule has 9 nitrogen and oxygen atoms in total. The molecule has 2 aromatic rings. The quantitative estimate of drug-likeness (QED) is 0.699. The van der Waals surface area contributed by atoms with Crippen molar-refractivity contribution in [1.29, 1.82) is 0 Å². The summed E-state index contributed by atoms with van der Waals surface area (Å²) in [4.78, 5) is 23.3. The van der Waals surface area contributed by atoms with Gasteiger partial charge in [0.1, 0.15) is 5.82 Å². The van der Waals surface area contributed by atoms with Gasteiger partial charge in [-0.25, -0.2) is 9.37 Å². The number of hydrogen-bond donors (Lipinski definition) is 1. The molecule has 166 valence electrons. The van der Waals surface area contributed by atoms with E-state index in [4.69, 9.17) is 4.74 Å². The van der Waals surface area contributed by atoms with Crippen molar-refractivity contribution in [3.05, 3.63) is 36.3 Å². The lowest BCUT2D eigenvalue weighted by Gasteiger charge is -2.34. The van der Waals surface area contributed by atoms with Gasteiger partial charge in [-0.05, 0) is 31.3 Å². The van der Waals surface area contributed by atoms with Crippen molar-refractivity contribution in [1.82, 2.24) is 30.3 Å². The topological polar surface area (TPSA) is 86.7 Å². The van der Waals surface area contributed by atoms with E-state index in [9.17, 15) is 9.18 Å². The summed E-state index contributed by atoms with van der Waals surface area (Å²) >= 11 is 0. The molecular formula is C21H28FN7O2. The van der Waals surface area contributed by atoms with Gasteiger partial charge in [0, 0.05) is 51.4 Å². The lowest BCUT2D eigenvalue weighted by molar-refractivity contribution is -0.123. The fourth-order valence-electron chi connectivity index (χ4n) is 3.77. The molecule has 1 unspecified atom stereocenters. The molecule has 1 N–H and O–H groups in total. The van der Waals surface area contributed by atoms with Gasteiger partial charge in [-0.1, -0.05) is 0 Å². The average molecular weight is 430 g/mol. The molecule has 2 fully saturated rings. The van der Waals surface area contributed by atoms with E-state index in [2.05, 4.69) is 42.2 Å². The van der Waals surface area contributed by atoms with E-state index in [-0.39, 0.29) is 17.8 Å². The van der Waals surface area contributed by atoms with Crippen LogP contribution in [0.25, 0.3) is 11.3 Å². The highest BCUT2D eigenvalue weighted by molar-refractivity contribution is 5.78. The second-order valence-corrected chi connectivity index (χ2v) is 7.97. The Bertz CT molecular complexity index is 874. The largest absolute Gasteiger partial charge is 0.374 e. The Labute approximate surface area is 181 Å². The van der Waals surface area contributed by atoms with E-state index in [1.165, 1.54) is 12.1 Å². The molecule has 3 heterocycles. The van der Waals surface area contributed by atoms with Crippen molar-refractivity contribution in [3.8, 4) is 11.3 Å². The van der Waals surface area contributed by atoms with Crippen LogP contribution < -0.4 is 10.2 Å². The van der Waals surface area contributed by atoms with Crippen LogP contribution in [0.15, 0.2) is 30.5 Å². The molecule has 10 heteroatoms. The highest BCUT2D eigenvalue weighted by atomic mass is 19.1. The molecule has 0 bridgehead atoms. The Balaban J connectivity index is 1.24. The summed E-state index contributed by atoms with van der Waals surface area (Å²) in [6, 6.07) is 6.16. The highest BCUT2D eigenvalue weighted by Gasteiger charge is 2.23. The summed E-state index contributed by atoms with van der Waals surface area (Å²) in [6.07, 6.45) is 1.63. The van der Waals surface area contributed by atoms with Gasteiger partial charge >= 0.3 is 0 Å². The fraction of sp³-hybridized carbons (Fsp3) is 0.524. The summed E-state index contributed by atoms with van der Waals surface area (Å²) in [6.45, 7) is 6.27. The van der Waals surface area contributed by atoms with Crippen LogP contribution in [0.5, 0.6) is 0 Å². The SMILES string of the molecule is CN1CCOC(CNC(=O)CN2CCN(c3nncc(-c4ccc(F)cc4)n3)CC2)C1. The molecular weight excluding hydrogens is 401 g/mol. The molecule has 1 aromatic heterocycles. The van der Waals surface area contributed by atoms with E-state index >= 15 is 0 Å². The van der Waals surface area contributed by atoms with E-state index in [1.54, 1.807) is 18.3 Å². The zero-order chi connectivity index (χ0) is 21.6. The van der Waals surface area contributed by atoms with Crippen LogP contribution in [0, 0.1) is 5.82 Å². The Morgan fingerprint density at radius 3 is 2.71 bits per heavy atom. The highest BCUT2D eigenvalue weighted by Crippen LogP contribution is 2.19. The Morgan fingerprint density at radius 1 is 1.19 bits per heavy atom. The number of halogens is 1. The summed E-state index contributed by atoms with van der Waals surface area (Å²) in [5.74, 6) is 0.274. The van der Waals surface area contributed by atoms with Crippen LogP contribution in [-0.4, -0.2) is 103 Å². The minimum Gasteiger partial charge on any atom is -0.374 e. The zero-order valence-corrected chi connectivity index (χ0v) is 17.7. The second-order valence-electron chi connectivity index (χ2n) is 7.97. The number of anilines is 1. The predicted molar refractivity (Wildman–Crippen MR) is 114 cm³/mol. The van der Waals surface area contributed by atoms with Gasteiger partial charge in [0.25, 0.3) is 0 Å². The number of benzene rings is 1. The van der Waals surface area contributed by atoms with Crippen LogP contribution in [-0.2, 0) is 9.53 Å². The Hall–Kier alpha value is -2.69. The number of rotatable bonds is 6. The third-order valence-electron chi connectivity index (χ3n) is 5.58. The van der Waals surface area contributed by atoms with Crippen LogP contribution in [0.2, 0.25) is 0 Å². The average Bonchev–Trinajstić information content (AvgIpc) is 2.79. The molecule has 0 saturated carbocycles. The number of nitrogens with one attached hydrogen (secondary N) is 1. The van der Waals surface area contributed by atoms with Crippen molar-refractivity contribution in [2.24, 2.45) is 0 Å². The van der Waals surface area contributed by atoms with Crippen molar-refractivity contribution in [2.45, 2.75) is 6.10 Å². The Kier molecular flexibility index (Phi) is 7.00. The van der Waals surface area contributed by atoms with E-state index in [0.717, 1.165) is 31.7 Å². The van der Waals surface area contributed by atoms with Gasteiger partial charge in [0.05, 0.1) is 31.1 Å². The molecule has 1 amide bonds. The first kappa shape index (κ1) is 21.5. The first-order valence-corrected chi connectivity index (χ1v) is 10.6. The minimum atomic E-state index is -0.287. The monoisotopic (exact) mass is 429 g/mol. The number of nitrogens with zero attached hydrogens (tertiary/aromatic N) is 6. The normalized spacial score (nSPS) is 20.6. The molecule has 2 aliphatic heterocycles. The van der Waals surface area contributed by atoms with Gasteiger partial charge in [0.2, 0.25) is 11.9 Å². The van der Waals surface area contributed by atoms with Gasteiger partial charge in [-0.3, -0.25) is 9.69 Å². The second kappa shape index (κ2) is 10.1. The number of morpholine rings is 1. The van der Waals surface area contributed by atoms with Gasteiger partial charge in [0.15, 0.2) is 0 Å². The van der Waals surface area contributed by atoms with E-state index < -0.39 is 0 Å². The molecule has 0 radical (unpaired) electrons. The van der Waals surface area contributed by atoms with E-state index in [1.807, 2.05) is 0 Å². The molecule has 4 rings (SSSR count). The summed E-state index contributed by atoms with van der Waals surface area (Å²) in [5.41, 5.74) is 1.45. The summed E-state index contributed by atoms with van der Waals surface area (Å²) in [5, 5.41) is 11.2. The zero-order valence-electron chi connectivity index (χ0n) is 17.7. The lowest BCUT2D eigenvalue weighted by Crippen LogP contribution is -2.51. The van der Waals surface area contributed by atoms with E-state index in [0.29, 0.717) is 44.4 Å². The smallest absolute Gasteiger partial charge is 0.245 e. The number of amides is 1.